The molecule has 0 bridgehead atoms. The van der Waals surface area contributed by atoms with Gasteiger partial charge in [-0.05, 0) is 48.4 Å². The summed E-state index contributed by atoms with van der Waals surface area (Å²) in [4.78, 5) is 15.7. The van der Waals surface area contributed by atoms with Crippen LogP contribution in [0.15, 0.2) is 47.3 Å². The third-order valence-electron chi connectivity index (χ3n) is 5.84. The number of nitrogens with zero attached hydrogens (tertiary/aromatic N) is 2. The summed E-state index contributed by atoms with van der Waals surface area (Å²) >= 11 is 0. The van der Waals surface area contributed by atoms with Crippen LogP contribution in [0, 0.1) is 5.82 Å². The molecule has 7 nitrogen and oxygen atoms in total. The van der Waals surface area contributed by atoms with Gasteiger partial charge in [-0.1, -0.05) is 26.0 Å². The largest absolute Gasteiger partial charge is 0.416 e. The summed E-state index contributed by atoms with van der Waals surface area (Å²) in [5, 5.41) is 6.10. The molecule has 0 aliphatic carbocycles. The van der Waals surface area contributed by atoms with Gasteiger partial charge in [0.05, 0.1) is 36.4 Å². The second kappa shape index (κ2) is 12.3. The van der Waals surface area contributed by atoms with Crippen molar-refractivity contribution in [3.63, 3.8) is 0 Å². The maximum absolute atomic E-state index is 13.6. The first kappa shape index (κ1) is 30.3. The van der Waals surface area contributed by atoms with E-state index in [0.29, 0.717) is 24.2 Å². The molecule has 2 heterocycles. The average Bonchev–Trinajstić information content (AvgIpc) is 3.29. The van der Waals surface area contributed by atoms with Crippen LogP contribution in [0.3, 0.4) is 0 Å². The van der Waals surface area contributed by atoms with Gasteiger partial charge >= 0.3 is 18.0 Å². The first-order valence-electron chi connectivity index (χ1n) is 12.0. The fourth-order valence-electron chi connectivity index (χ4n) is 4.07. The Kier molecular flexibility index (Phi) is 9.56. The van der Waals surface area contributed by atoms with E-state index in [2.05, 4.69) is 15.2 Å². The summed E-state index contributed by atoms with van der Waals surface area (Å²) < 4.78 is 105. The van der Waals surface area contributed by atoms with Crippen molar-refractivity contribution < 1.29 is 40.2 Å². The van der Waals surface area contributed by atoms with Crippen molar-refractivity contribution in [1.29, 1.82) is 0 Å². The molecule has 214 valence electrons. The molecule has 2 N–H and O–H groups in total. The number of morpholine rings is 1. The smallest absolute Gasteiger partial charge is 0.349 e. The maximum atomic E-state index is 13.6. The number of aromatic nitrogens is 3. The fourth-order valence-corrected chi connectivity index (χ4v) is 4.07. The topological polar surface area (TPSA) is 83.2 Å². The van der Waals surface area contributed by atoms with Crippen molar-refractivity contribution >= 4 is 0 Å². The van der Waals surface area contributed by atoms with Crippen LogP contribution >= 0.6 is 0 Å². The highest BCUT2D eigenvalue weighted by Crippen LogP contribution is 2.39. The summed E-state index contributed by atoms with van der Waals surface area (Å²) in [7, 11) is 0. The summed E-state index contributed by atoms with van der Waals surface area (Å²) in [6.45, 7) is 5.82. The van der Waals surface area contributed by atoms with Gasteiger partial charge in [0, 0.05) is 6.54 Å². The Labute approximate surface area is 218 Å². The lowest BCUT2D eigenvalue weighted by molar-refractivity contribution is -0.231. The standard InChI is InChI=1S/C23H21F7N4O3.C2H6/c1-12(14-8-15(22(25,26)27)10-16(9-14)23(28,29)30)37-20-19(13-2-4-17(24)5-3-13)34(6-7-36-20)11-18-31-21(35)33-32-18;1-2/h2-5,8-10,12,19-20H,6-7,11H2,1H3,(H2,31,32,33,35);1-2H3/t12-,19?,20?;/m1./s1. The molecule has 39 heavy (non-hydrogen) atoms. The van der Waals surface area contributed by atoms with E-state index in [1.807, 2.05) is 13.8 Å². The van der Waals surface area contributed by atoms with Crippen molar-refractivity contribution in [1.82, 2.24) is 20.1 Å². The number of benzene rings is 2. The molecule has 0 radical (unpaired) electrons. The number of ether oxygens (including phenoxy) is 2. The Bertz CT molecular complexity index is 1240. The number of alkyl halides is 6. The number of nitrogens with one attached hydrogen (secondary N) is 2. The van der Waals surface area contributed by atoms with E-state index in [-0.39, 0.29) is 30.6 Å². The second-order valence-electron chi connectivity index (χ2n) is 8.45. The molecule has 4 rings (SSSR count). The van der Waals surface area contributed by atoms with Crippen LogP contribution in [0.1, 0.15) is 61.0 Å². The van der Waals surface area contributed by atoms with Crippen molar-refractivity contribution in [2.75, 3.05) is 13.2 Å². The van der Waals surface area contributed by atoms with Gasteiger partial charge in [0.25, 0.3) is 0 Å². The molecule has 1 aromatic heterocycles. The van der Waals surface area contributed by atoms with Gasteiger partial charge in [0.2, 0.25) is 0 Å². The fraction of sp³-hybridized carbons (Fsp3) is 0.440. The molecule has 14 heteroatoms. The lowest BCUT2D eigenvalue weighted by Crippen LogP contribution is -2.46. The molecule has 2 unspecified atom stereocenters. The maximum Gasteiger partial charge on any atom is 0.416 e. The van der Waals surface area contributed by atoms with Crippen LogP contribution < -0.4 is 5.69 Å². The van der Waals surface area contributed by atoms with Crippen LogP contribution in [0.25, 0.3) is 0 Å². The molecular formula is C25H27F7N4O3. The van der Waals surface area contributed by atoms with Crippen molar-refractivity contribution in [3.05, 3.63) is 86.8 Å². The van der Waals surface area contributed by atoms with E-state index < -0.39 is 53.4 Å². The lowest BCUT2D eigenvalue weighted by atomic mass is 10.0. The summed E-state index contributed by atoms with van der Waals surface area (Å²) in [5.74, 6) is -0.239. The molecule has 1 fully saturated rings. The zero-order chi connectivity index (χ0) is 29.0. The molecule has 2 aromatic carbocycles. The molecule has 1 aliphatic heterocycles. The summed E-state index contributed by atoms with van der Waals surface area (Å²) in [5.41, 5.74) is -3.30. The van der Waals surface area contributed by atoms with Gasteiger partial charge in [0.15, 0.2) is 6.29 Å². The van der Waals surface area contributed by atoms with E-state index in [1.165, 1.54) is 31.2 Å². The van der Waals surface area contributed by atoms with E-state index in [1.54, 1.807) is 4.90 Å². The Morgan fingerprint density at radius 2 is 1.64 bits per heavy atom. The van der Waals surface area contributed by atoms with Crippen LogP contribution in [0.2, 0.25) is 0 Å². The second-order valence-corrected chi connectivity index (χ2v) is 8.45. The molecule has 3 atom stereocenters. The van der Waals surface area contributed by atoms with E-state index in [0.717, 1.165) is 0 Å². The number of halogens is 7. The van der Waals surface area contributed by atoms with Gasteiger partial charge in [-0.3, -0.25) is 9.88 Å². The van der Waals surface area contributed by atoms with Crippen LogP contribution in [0.5, 0.6) is 0 Å². The predicted octanol–water partition coefficient (Wildman–Crippen LogP) is 5.98. The third-order valence-corrected chi connectivity index (χ3v) is 5.84. The number of rotatable bonds is 6. The van der Waals surface area contributed by atoms with E-state index >= 15 is 0 Å². The van der Waals surface area contributed by atoms with Gasteiger partial charge in [0.1, 0.15) is 11.6 Å². The molecular weight excluding hydrogens is 537 g/mol. The highest BCUT2D eigenvalue weighted by atomic mass is 19.4. The Balaban J connectivity index is 0.00000205. The van der Waals surface area contributed by atoms with Crippen LogP contribution in [-0.2, 0) is 28.4 Å². The van der Waals surface area contributed by atoms with Crippen LogP contribution in [-0.4, -0.2) is 39.5 Å². The number of hydrogen-bond acceptors (Lipinski definition) is 5. The first-order chi connectivity index (χ1) is 18.3. The highest BCUT2D eigenvalue weighted by Gasteiger charge is 2.39. The molecule has 3 aromatic rings. The minimum atomic E-state index is -5.01. The zero-order valence-corrected chi connectivity index (χ0v) is 21.2. The quantitative estimate of drug-likeness (QED) is 0.360. The summed E-state index contributed by atoms with van der Waals surface area (Å²) in [6, 6.07) is 5.79. The number of aromatic amines is 2. The molecule has 0 spiro atoms. The molecule has 1 aliphatic rings. The Morgan fingerprint density at radius 1 is 1.05 bits per heavy atom. The highest BCUT2D eigenvalue weighted by molar-refractivity contribution is 5.34. The SMILES string of the molecule is CC.C[C@@H](OC1OCCN(Cc2n[nH]c(=O)[nH]2)C1c1ccc(F)cc1)c1cc(C(F)(F)F)cc(C(F)(F)F)c1. The van der Waals surface area contributed by atoms with E-state index in [9.17, 15) is 35.5 Å². The summed E-state index contributed by atoms with van der Waals surface area (Å²) in [6.07, 6.45) is -12.4. The minimum absolute atomic E-state index is 0.0427. The molecule has 0 saturated carbocycles. The molecule has 1 saturated heterocycles. The van der Waals surface area contributed by atoms with E-state index in [4.69, 9.17) is 9.47 Å². The predicted molar refractivity (Wildman–Crippen MR) is 126 cm³/mol. The van der Waals surface area contributed by atoms with Crippen molar-refractivity contribution in [2.45, 2.75) is 58.1 Å². The van der Waals surface area contributed by atoms with Crippen LogP contribution in [0.4, 0.5) is 30.7 Å². The van der Waals surface area contributed by atoms with Crippen molar-refractivity contribution in [2.24, 2.45) is 0 Å². The van der Waals surface area contributed by atoms with Crippen molar-refractivity contribution in [3.8, 4) is 0 Å². The first-order valence-corrected chi connectivity index (χ1v) is 12.0. The van der Waals surface area contributed by atoms with Gasteiger partial charge in [-0.25, -0.2) is 14.3 Å². The lowest BCUT2D eigenvalue weighted by Gasteiger charge is -2.41. The normalized spacial score (nSPS) is 19.3. The van der Waals surface area contributed by atoms with Gasteiger partial charge in [-0.2, -0.15) is 31.4 Å². The Hall–Kier alpha value is -3.23. The average molecular weight is 565 g/mol. The molecule has 0 amide bonds. The van der Waals surface area contributed by atoms with Gasteiger partial charge in [-0.15, -0.1) is 0 Å². The third kappa shape index (κ3) is 7.67. The Morgan fingerprint density at radius 3 is 2.15 bits per heavy atom. The van der Waals surface area contributed by atoms with Gasteiger partial charge < -0.3 is 9.47 Å². The monoisotopic (exact) mass is 564 g/mol. The number of H-pyrrole nitrogens is 2. The minimum Gasteiger partial charge on any atom is -0.349 e. The zero-order valence-electron chi connectivity index (χ0n) is 21.2. The number of hydrogen-bond donors (Lipinski definition) is 2.